The van der Waals surface area contributed by atoms with Crippen LogP contribution in [0.25, 0.3) is 10.8 Å². The number of hydrogen-bond acceptors (Lipinski definition) is 1. The van der Waals surface area contributed by atoms with Gasteiger partial charge >= 0.3 is 0 Å². The van der Waals surface area contributed by atoms with Crippen molar-refractivity contribution in [2.45, 2.75) is 6.92 Å². The lowest BCUT2D eigenvalue weighted by Gasteiger charge is -2.06. The zero-order chi connectivity index (χ0) is 9.26. The second kappa shape index (κ2) is 3.09. The van der Waals surface area contributed by atoms with Crippen molar-refractivity contribution in [2.75, 3.05) is 7.11 Å². The van der Waals surface area contributed by atoms with Crippen LogP contribution in [0.2, 0.25) is 0 Å². The molecule has 0 spiro atoms. The lowest BCUT2D eigenvalue weighted by molar-refractivity contribution is 0.420. The van der Waals surface area contributed by atoms with Crippen molar-refractivity contribution in [2.24, 2.45) is 0 Å². The van der Waals surface area contributed by atoms with Crippen molar-refractivity contribution in [3.63, 3.8) is 0 Å². The lowest BCUT2D eigenvalue weighted by Crippen LogP contribution is -1.86. The quantitative estimate of drug-likeness (QED) is 0.642. The molecule has 2 rings (SSSR count). The third-order valence-corrected chi connectivity index (χ3v) is 2.32. The van der Waals surface area contributed by atoms with Gasteiger partial charge in [0, 0.05) is 5.39 Å². The minimum Gasteiger partial charge on any atom is -0.496 e. The van der Waals surface area contributed by atoms with E-state index in [2.05, 4.69) is 31.2 Å². The van der Waals surface area contributed by atoms with E-state index in [1.54, 1.807) is 7.11 Å². The average molecular weight is 172 g/mol. The molecule has 13 heavy (non-hydrogen) atoms. The third-order valence-electron chi connectivity index (χ3n) is 2.32. The highest BCUT2D eigenvalue weighted by molar-refractivity contribution is 5.90. The zero-order valence-electron chi connectivity index (χ0n) is 7.87. The number of methoxy groups -OCH3 is 1. The Labute approximate surface area is 78.0 Å². The Kier molecular flexibility index (Phi) is 1.93. The molecule has 0 unspecified atom stereocenters. The highest BCUT2D eigenvalue weighted by Gasteiger charge is 2.01. The van der Waals surface area contributed by atoms with E-state index in [-0.39, 0.29) is 0 Å². The van der Waals surface area contributed by atoms with Crippen molar-refractivity contribution in [1.82, 2.24) is 0 Å². The standard InChI is InChI=1S/C12H12O/c1-9-7-8-12(13-2)11-6-4-3-5-10(9)11/h3-8H,1-2H3. The molecule has 0 N–H and O–H groups in total. The minimum atomic E-state index is 0.946. The molecule has 0 saturated carbocycles. The van der Waals surface area contributed by atoms with Crippen molar-refractivity contribution in [3.8, 4) is 5.75 Å². The molecule has 0 heterocycles. The summed E-state index contributed by atoms with van der Waals surface area (Å²) in [6, 6.07) is 12.4. The molecule has 0 bridgehead atoms. The molecular formula is C12H12O. The molecule has 0 radical (unpaired) electrons. The van der Waals surface area contributed by atoms with Crippen LogP contribution >= 0.6 is 0 Å². The van der Waals surface area contributed by atoms with E-state index in [1.807, 2.05) is 12.1 Å². The van der Waals surface area contributed by atoms with E-state index in [0.717, 1.165) is 5.75 Å². The van der Waals surface area contributed by atoms with Crippen LogP contribution in [0.5, 0.6) is 5.75 Å². The summed E-state index contributed by atoms with van der Waals surface area (Å²) in [7, 11) is 1.71. The Morgan fingerprint density at radius 3 is 2.31 bits per heavy atom. The second-order valence-electron chi connectivity index (χ2n) is 3.13. The van der Waals surface area contributed by atoms with Crippen LogP contribution in [-0.2, 0) is 0 Å². The summed E-state index contributed by atoms with van der Waals surface area (Å²) in [5, 5.41) is 2.45. The molecule has 0 saturated heterocycles. The fourth-order valence-electron chi connectivity index (χ4n) is 1.60. The summed E-state index contributed by atoms with van der Waals surface area (Å²) in [5.74, 6) is 0.946. The highest BCUT2D eigenvalue weighted by Crippen LogP contribution is 2.27. The molecule has 0 aliphatic heterocycles. The van der Waals surface area contributed by atoms with E-state index >= 15 is 0 Å². The Hall–Kier alpha value is -1.50. The lowest BCUT2D eigenvalue weighted by atomic mass is 10.1. The van der Waals surface area contributed by atoms with Crippen molar-refractivity contribution >= 4 is 10.8 Å². The Morgan fingerprint density at radius 1 is 0.923 bits per heavy atom. The van der Waals surface area contributed by atoms with Crippen LogP contribution < -0.4 is 4.74 Å². The monoisotopic (exact) mass is 172 g/mol. The Morgan fingerprint density at radius 2 is 1.62 bits per heavy atom. The van der Waals surface area contributed by atoms with Crippen LogP contribution in [0.4, 0.5) is 0 Å². The van der Waals surface area contributed by atoms with Crippen LogP contribution in [-0.4, -0.2) is 7.11 Å². The maximum atomic E-state index is 5.28. The van der Waals surface area contributed by atoms with Crippen molar-refractivity contribution < 1.29 is 4.74 Å². The van der Waals surface area contributed by atoms with E-state index in [4.69, 9.17) is 4.74 Å². The van der Waals surface area contributed by atoms with Crippen LogP contribution in [0.3, 0.4) is 0 Å². The van der Waals surface area contributed by atoms with Crippen LogP contribution in [0.1, 0.15) is 5.56 Å². The van der Waals surface area contributed by atoms with E-state index in [0.29, 0.717) is 0 Å². The van der Waals surface area contributed by atoms with Crippen LogP contribution in [0, 0.1) is 6.92 Å². The van der Waals surface area contributed by atoms with Gasteiger partial charge in [-0.05, 0) is 23.9 Å². The highest BCUT2D eigenvalue weighted by atomic mass is 16.5. The molecular weight excluding hydrogens is 160 g/mol. The van der Waals surface area contributed by atoms with Crippen LogP contribution in [0.15, 0.2) is 36.4 Å². The van der Waals surface area contributed by atoms with Gasteiger partial charge in [-0.3, -0.25) is 0 Å². The number of rotatable bonds is 1. The normalized spacial score (nSPS) is 10.3. The maximum absolute atomic E-state index is 5.28. The molecule has 2 aromatic carbocycles. The molecule has 0 fully saturated rings. The number of hydrogen-bond donors (Lipinski definition) is 0. The van der Waals surface area contributed by atoms with Gasteiger partial charge in [-0.15, -0.1) is 0 Å². The summed E-state index contributed by atoms with van der Waals surface area (Å²) in [4.78, 5) is 0. The van der Waals surface area contributed by atoms with E-state index < -0.39 is 0 Å². The van der Waals surface area contributed by atoms with Crippen molar-refractivity contribution in [1.29, 1.82) is 0 Å². The van der Waals surface area contributed by atoms with E-state index in [9.17, 15) is 0 Å². The first-order valence-corrected chi connectivity index (χ1v) is 4.35. The third kappa shape index (κ3) is 1.26. The van der Waals surface area contributed by atoms with Crippen molar-refractivity contribution in [3.05, 3.63) is 42.0 Å². The zero-order valence-corrected chi connectivity index (χ0v) is 7.87. The van der Waals surface area contributed by atoms with E-state index in [1.165, 1.54) is 16.3 Å². The predicted octanol–water partition coefficient (Wildman–Crippen LogP) is 3.16. The first kappa shape index (κ1) is 8.11. The average Bonchev–Trinajstić information content (AvgIpc) is 2.19. The topological polar surface area (TPSA) is 9.23 Å². The van der Waals surface area contributed by atoms with Gasteiger partial charge < -0.3 is 4.74 Å². The molecule has 1 nitrogen and oxygen atoms in total. The van der Waals surface area contributed by atoms with Gasteiger partial charge in [0.1, 0.15) is 5.75 Å². The maximum Gasteiger partial charge on any atom is 0.126 e. The van der Waals surface area contributed by atoms with Gasteiger partial charge in [-0.1, -0.05) is 30.3 Å². The number of ether oxygens (including phenoxy) is 1. The smallest absolute Gasteiger partial charge is 0.126 e. The first-order valence-electron chi connectivity index (χ1n) is 4.35. The van der Waals surface area contributed by atoms with Gasteiger partial charge in [0.05, 0.1) is 7.11 Å². The number of benzene rings is 2. The molecule has 0 aromatic heterocycles. The molecule has 0 atom stereocenters. The van der Waals surface area contributed by atoms with Gasteiger partial charge in [-0.2, -0.15) is 0 Å². The molecule has 0 aliphatic carbocycles. The molecule has 1 heteroatoms. The largest absolute Gasteiger partial charge is 0.496 e. The predicted molar refractivity (Wildman–Crippen MR) is 55.2 cm³/mol. The first-order chi connectivity index (χ1) is 6.33. The number of fused-ring (bicyclic) bond motifs is 1. The second-order valence-corrected chi connectivity index (χ2v) is 3.13. The Bertz CT molecular complexity index is 432. The molecule has 2 aromatic rings. The minimum absolute atomic E-state index is 0.946. The number of aryl methyl sites for hydroxylation is 1. The summed E-state index contributed by atoms with van der Waals surface area (Å²) in [6.45, 7) is 2.11. The fourth-order valence-corrected chi connectivity index (χ4v) is 1.60. The van der Waals surface area contributed by atoms with Gasteiger partial charge in [0.25, 0.3) is 0 Å². The summed E-state index contributed by atoms with van der Waals surface area (Å²) >= 11 is 0. The summed E-state index contributed by atoms with van der Waals surface area (Å²) in [5.41, 5.74) is 1.29. The fraction of sp³-hybridized carbons (Fsp3) is 0.167. The molecule has 0 aliphatic rings. The van der Waals surface area contributed by atoms with Gasteiger partial charge in [0.2, 0.25) is 0 Å². The van der Waals surface area contributed by atoms with Gasteiger partial charge in [0.15, 0.2) is 0 Å². The SMILES string of the molecule is COc1ccc(C)c2ccccc12. The summed E-state index contributed by atoms with van der Waals surface area (Å²) < 4.78 is 5.28. The molecule has 66 valence electrons. The summed E-state index contributed by atoms with van der Waals surface area (Å²) in [6.07, 6.45) is 0. The van der Waals surface area contributed by atoms with Gasteiger partial charge in [-0.25, -0.2) is 0 Å². The Balaban J connectivity index is 2.84. The molecule has 0 amide bonds.